The average Bonchev–Trinajstić information content (AvgIpc) is 3.17. The Bertz CT molecular complexity index is 1180. The summed E-state index contributed by atoms with van der Waals surface area (Å²) in [5.41, 5.74) is 3.72. The summed E-state index contributed by atoms with van der Waals surface area (Å²) < 4.78 is 6.80. The second-order valence-corrected chi connectivity index (χ2v) is 6.03. The van der Waals surface area contributed by atoms with E-state index in [2.05, 4.69) is 11.1 Å². The van der Waals surface area contributed by atoms with Gasteiger partial charge in [0.15, 0.2) is 0 Å². The minimum absolute atomic E-state index is 0.150. The highest BCUT2D eigenvalue weighted by Crippen LogP contribution is 2.29. The van der Waals surface area contributed by atoms with Crippen molar-refractivity contribution in [2.45, 2.75) is 0 Å². The highest BCUT2D eigenvalue weighted by Gasteiger charge is 2.15. The molecule has 130 valence electrons. The predicted octanol–water partition coefficient (Wildman–Crippen LogP) is 4.27. The van der Waals surface area contributed by atoms with Crippen molar-refractivity contribution in [1.82, 2.24) is 9.55 Å². The van der Waals surface area contributed by atoms with Gasteiger partial charge in [0, 0.05) is 28.9 Å². The van der Waals surface area contributed by atoms with Crippen LogP contribution >= 0.6 is 0 Å². The van der Waals surface area contributed by atoms with Crippen LogP contribution in [-0.2, 0) is 0 Å². The van der Waals surface area contributed by atoms with Crippen LogP contribution in [0.1, 0.15) is 15.9 Å². The van der Waals surface area contributed by atoms with Gasteiger partial charge in [-0.3, -0.25) is 14.3 Å². The van der Waals surface area contributed by atoms with Gasteiger partial charge in [-0.05, 0) is 42.0 Å². The fourth-order valence-corrected chi connectivity index (χ4v) is 3.08. The molecule has 0 radical (unpaired) electrons. The van der Waals surface area contributed by atoms with Gasteiger partial charge in [-0.1, -0.05) is 18.2 Å². The molecule has 0 aliphatic carbocycles. The van der Waals surface area contributed by atoms with E-state index in [4.69, 9.17) is 10.00 Å². The van der Waals surface area contributed by atoms with Crippen molar-refractivity contribution < 1.29 is 9.53 Å². The lowest BCUT2D eigenvalue weighted by molar-refractivity contribution is 0.0964. The summed E-state index contributed by atoms with van der Waals surface area (Å²) in [7, 11) is 1.57. The fourth-order valence-electron chi connectivity index (χ4n) is 3.08. The number of aromatic nitrogens is 2. The number of hydrogen-bond acceptors (Lipinski definition) is 4. The van der Waals surface area contributed by atoms with E-state index in [0.29, 0.717) is 16.9 Å². The van der Waals surface area contributed by atoms with Gasteiger partial charge >= 0.3 is 0 Å². The summed E-state index contributed by atoms with van der Waals surface area (Å²) in [5.74, 6) is 0.483. The zero-order chi connectivity index (χ0) is 18.8. The van der Waals surface area contributed by atoms with Crippen molar-refractivity contribution >= 4 is 16.8 Å². The molecule has 0 saturated carbocycles. The average molecular weight is 353 g/mol. The standard InChI is InChI=1S/C22H15N3O2/c1-27-18-4-2-3-17(11-18)22(26)25-10-9-19-20(13-24-14-21(19)25)16-7-5-15(12-23)6-8-16/h2-11,13-14H,1H3. The molecule has 5 heteroatoms. The van der Waals surface area contributed by atoms with E-state index in [1.807, 2.05) is 18.2 Å². The molecule has 2 aromatic carbocycles. The van der Waals surface area contributed by atoms with Gasteiger partial charge in [0.25, 0.3) is 5.91 Å². The van der Waals surface area contributed by atoms with Crippen LogP contribution in [0, 0.1) is 11.3 Å². The van der Waals surface area contributed by atoms with Crippen LogP contribution in [0.3, 0.4) is 0 Å². The Morgan fingerprint density at radius 3 is 2.67 bits per heavy atom. The van der Waals surface area contributed by atoms with Gasteiger partial charge < -0.3 is 4.74 Å². The molecule has 0 aliphatic heterocycles. The number of ether oxygens (including phenoxy) is 1. The number of rotatable bonds is 3. The van der Waals surface area contributed by atoms with Crippen LogP contribution in [0.4, 0.5) is 0 Å². The summed E-state index contributed by atoms with van der Waals surface area (Å²) in [4.78, 5) is 17.3. The van der Waals surface area contributed by atoms with E-state index < -0.39 is 0 Å². The number of carbonyl (C=O) groups excluding carboxylic acids is 1. The van der Waals surface area contributed by atoms with E-state index >= 15 is 0 Å². The van der Waals surface area contributed by atoms with Crippen LogP contribution in [0.5, 0.6) is 5.75 Å². The second-order valence-electron chi connectivity index (χ2n) is 6.03. The van der Waals surface area contributed by atoms with Crippen LogP contribution < -0.4 is 4.74 Å². The third kappa shape index (κ3) is 2.94. The Morgan fingerprint density at radius 1 is 1.11 bits per heavy atom. The Hall–Kier alpha value is -3.91. The van der Waals surface area contributed by atoms with Crippen molar-refractivity contribution in [3.63, 3.8) is 0 Å². The van der Waals surface area contributed by atoms with Gasteiger partial charge in [-0.15, -0.1) is 0 Å². The molecule has 0 aliphatic rings. The Labute approximate surface area is 156 Å². The van der Waals surface area contributed by atoms with Crippen LogP contribution in [-0.4, -0.2) is 22.6 Å². The monoisotopic (exact) mass is 353 g/mol. The molecular formula is C22H15N3O2. The first-order valence-corrected chi connectivity index (χ1v) is 8.35. The molecule has 0 fully saturated rings. The lowest BCUT2D eigenvalue weighted by atomic mass is 10.0. The van der Waals surface area contributed by atoms with Crippen molar-refractivity contribution in [3.05, 3.63) is 84.3 Å². The molecule has 2 heterocycles. The molecule has 0 bridgehead atoms. The van der Waals surface area contributed by atoms with E-state index in [9.17, 15) is 4.79 Å². The number of methoxy groups -OCH3 is 1. The molecule has 0 spiro atoms. The number of pyridine rings is 1. The molecule has 5 nitrogen and oxygen atoms in total. The van der Waals surface area contributed by atoms with Crippen molar-refractivity contribution in [2.75, 3.05) is 7.11 Å². The van der Waals surface area contributed by atoms with Gasteiger partial charge in [0.05, 0.1) is 30.5 Å². The number of hydrogen-bond donors (Lipinski definition) is 0. The largest absolute Gasteiger partial charge is 0.497 e. The van der Waals surface area contributed by atoms with Gasteiger partial charge in [-0.2, -0.15) is 5.26 Å². The first-order chi connectivity index (χ1) is 13.2. The van der Waals surface area contributed by atoms with Gasteiger partial charge in [0.1, 0.15) is 5.75 Å². The summed E-state index contributed by atoms with van der Waals surface area (Å²) in [5, 5.41) is 9.89. The zero-order valence-corrected chi connectivity index (χ0v) is 14.6. The Morgan fingerprint density at radius 2 is 1.93 bits per heavy atom. The SMILES string of the molecule is COc1cccc(C(=O)n2ccc3c(-c4ccc(C#N)cc4)cncc32)c1. The van der Waals surface area contributed by atoms with Crippen LogP contribution in [0.15, 0.2) is 73.2 Å². The molecule has 0 N–H and O–H groups in total. The smallest absolute Gasteiger partial charge is 0.262 e. The van der Waals surface area contributed by atoms with E-state index in [1.54, 1.807) is 66.7 Å². The van der Waals surface area contributed by atoms with E-state index in [-0.39, 0.29) is 5.91 Å². The molecular weight excluding hydrogens is 338 g/mol. The minimum atomic E-state index is -0.150. The third-order valence-corrected chi connectivity index (χ3v) is 4.48. The summed E-state index contributed by atoms with van der Waals surface area (Å²) in [6, 6.07) is 18.4. The maximum Gasteiger partial charge on any atom is 0.262 e. The van der Waals surface area contributed by atoms with Crippen molar-refractivity contribution in [2.24, 2.45) is 0 Å². The Kier molecular flexibility index (Phi) is 4.15. The highest BCUT2D eigenvalue weighted by atomic mass is 16.5. The zero-order valence-electron chi connectivity index (χ0n) is 14.6. The van der Waals surface area contributed by atoms with E-state index in [0.717, 1.165) is 22.0 Å². The van der Waals surface area contributed by atoms with Crippen molar-refractivity contribution in [3.8, 4) is 22.9 Å². The quantitative estimate of drug-likeness (QED) is 0.551. The highest BCUT2D eigenvalue weighted by molar-refractivity contribution is 6.05. The summed E-state index contributed by atoms with van der Waals surface area (Å²) in [6.45, 7) is 0. The third-order valence-electron chi connectivity index (χ3n) is 4.48. The molecule has 0 saturated heterocycles. The lowest BCUT2D eigenvalue weighted by Gasteiger charge is -2.07. The predicted molar refractivity (Wildman–Crippen MR) is 103 cm³/mol. The number of fused-ring (bicyclic) bond motifs is 1. The lowest BCUT2D eigenvalue weighted by Crippen LogP contribution is -2.10. The van der Waals surface area contributed by atoms with Gasteiger partial charge in [-0.25, -0.2) is 0 Å². The molecule has 4 rings (SSSR count). The van der Waals surface area contributed by atoms with Crippen LogP contribution in [0.2, 0.25) is 0 Å². The first-order valence-electron chi connectivity index (χ1n) is 8.35. The maximum absolute atomic E-state index is 13.0. The second kappa shape index (κ2) is 6.77. The number of benzene rings is 2. The first kappa shape index (κ1) is 16.6. The summed E-state index contributed by atoms with van der Waals surface area (Å²) >= 11 is 0. The topological polar surface area (TPSA) is 67.9 Å². The molecule has 27 heavy (non-hydrogen) atoms. The number of nitriles is 1. The molecule has 0 unspecified atom stereocenters. The number of carbonyl (C=O) groups is 1. The molecule has 0 atom stereocenters. The molecule has 0 amide bonds. The van der Waals surface area contributed by atoms with Crippen molar-refractivity contribution in [1.29, 1.82) is 5.26 Å². The fraction of sp³-hybridized carbons (Fsp3) is 0.0455. The molecule has 2 aromatic heterocycles. The van der Waals surface area contributed by atoms with E-state index in [1.165, 1.54) is 0 Å². The maximum atomic E-state index is 13.0. The Balaban J connectivity index is 1.80. The van der Waals surface area contributed by atoms with Crippen LogP contribution in [0.25, 0.3) is 22.0 Å². The number of nitrogens with zero attached hydrogens (tertiary/aromatic N) is 3. The normalized spacial score (nSPS) is 10.5. The summed E-state index contributed by atoms with van der Waals surface area (Å²) in [6.07, 6.45) is 5.20. The van der Waals surface area contributed by atoms with Gasteiger partial charge in [0.2, 0.25) is 0 Å². The minimum Gasteiger partial charge on any atom is -0.497 e. The molecule has 4 aromatic rings.